The fraction of sp³-hybridized carbons (Fsp3) is 0.360. The zero-order valence-corrected chi connectivity index (χ0v) is 18.5. The summed E-state index contributed by atoms with van der Waals surface area (Å²) >= 11 is 0. The molecule has 6 nitrogen and oxygen atoms in total. The molecule has 0 fully saturated rings. The number of methoxy groups -OCH3 is 1. The Bertz CT molecular complexity index is 1040. The van der Waals surface area contributed by atoms with Crippen molar-refractivity contribution >= 4 is 5.91 Å². The van der Waals surface area contributed by atoms with E-state index in [1.165, 1.54) is 16.8 Å². The molecule has 0 saturated carbocycles. The fourth-order valence-corrected chi connectivity index (χ4v) is 4.18. The molecule has 1 aromatic heterocycles. The van der Waals surface area contributed by atoms with E-state index < -0.39 is 0 Å². The van der Waals surface area contributed by atoms with Crippen LogP contribution in [0.5, 0.6) is 5.75 Å². The van der Waals surface area contributed by atoms with Crippen molar-refractivity contribution in [2.75, 3.05) is 21.2 Å². The molecule has 2 aromatic carbocycles. The van der Waals surface area contributed by atoms with Gasteiger partial charge in [-0.25, -0.2) is 0 Å². The number of amides is 1. The molecule has 0 unspecified atom stereocenters. The molecule has 1 N–H and O–H groups in total. The molecule has 6 heteroatoms. The van der Waals surface area contributed by atoms with Gasteiger partial charge in [0, 0.05) is 37.9 Å². The van der Waals surface area contributed by atoms with E-state index in [9.17, 15) is 4.79 Å². The number of benzene rings is 2. The first-order valence-corrected chi connectivity index (χ1v) is 10.8. The molecule has 3 aromatic rings. The fourth-order valence-electron chi connectivity index (χ4n) is 4.18. The second-order valence-electron chi connectivity index (χ2n) is 8.29. The molecular formula is C25H30N4O2. The molecular weight excluding hydrogens is 388 g/mol. The smallest absolute Gasteiger partial charge is 0.274 e. The molecule has 0 radical (unpaired) electrons. The minimum Gasteiger partial charge on any atom is -0.497 e. The summed E-state index contributed by atoms with van der Waals surface area (Å²) in [5.74, 6) is 0.836. The van der Waals surface area contributed by atoms with Gasteiger partial charge in [-0.05, 0) is 42.5 Å². The standard InChI is InChI=1S/C25H30N4O2/c1-28(2)25(30)24-22-15-20(26-16-19-10-7-11-21(14-19)31-3)12-13-23(22)29(27-24)17-18-8-5-4-6-9-18/h4-11,14,20,26H,12-13,15-17H2,1-3H3/t20-/m0/s1. The molecule has 0 bridgehead atoms. The first kappa shape index (κ1) is 21.1. The van der Waals surface area contributed by atoms with Crippen molar-refractivity contribution in [2.24, 2.45) is 0 Å². The van der Waals surface area contributed by atoms with E-state index >= 15 is 0 Å². The van der Waals surface area contributed by atoms with Crippen molar-refractivity contribution in [3.05, 3.63) is 82.7 Å². The van der Waals surface area contributed by atoms with Gasteiger partial charge in [-0.2, -0.15) is 5.10 Å². The maximum atomic E-state index is 12.9. The van der Waals surface area contributed by atoms with Gasteiger partial charge >= 0.3 is 0 Å². The Labute approximate surface area is 183 Å². The van der Waals surface area contributed by atoms with E-state index in [4.69, 9.17) is 9.84 Å². The van der Waals surface area contributed by atoms with Gasteiger partial charge in [-0.3, -0.25) is 9.48 Å². The van der Waals surface area contributed by atoms with Gasteiger partial charge in [0.15, 0.2) is 5.69 Å². The molecule has 1 aliphatic carbocycles. The Morgan fingerprint density at radius 2 is 1.94 bits per heavy atom. The quantitative estimate of drug-likeness (QED) is 0.640. The van der Waals surface area contributed by atoms with Gasteiger partial charge in [0.1, 0.15) is 5.75 Å². The lowest BCUT2D eigenvalue weighted by Gasteiger charge is -2.25. The molecule has 0 aliphatic heterocycles. The zero-order chi connectivity index (χ0) is 21.8. The number of aromatic nitrogens is 2. The highest BCUT2D eigenvalue weighted by Crippen LogP contribution is 2.27. The highest BCUT2D eigenvalue weighted by atomic mass is 16.5. The molecule has 1 aliphatic rings. The lowest BCUT2D eigenvalue weighted by Crippen LogP contribution is -2.35. The number of carbonyl (C=O) groups is 1. The van der Waals surface area contributed by atoms with Crippen LogP contribution in [0.15, 0.2) is 54.6 Å². The third-order valence-electron chi connectivity index (χ3n) is 5.86. The molecule has 0 spiro atoms. The molecule has 31 heavy (non-hydrogen) atoms. The second-order valence-corrected chi connectivity index (χ2v) is 8.29. The van der Waals surface area contributed by atoms with Crippen LogP contribution in [0.4, 0.5) is 0 Å². The largest absolute Gasteiger partial charge is 0.497 e. The van der Waals surface area contributed by atoms with Crippen LogP contribution < -0.4 is 10.1 Å². The lowest BCUT2D eigenvalue weighted by molar-refractivity contribution is 0.0820. The third-order valence-corrected chi connectivity index (χ3v) is 5.86. The third kappa shape index (κ3) is 4.80. The molecule has 4 rings (SSSR count). The van der Waals surface area contributed by atoms with Gasteiger partial charge in [0.05, 0.1) is 13.7 Å². The van der Waals surface area contributed by atoms with E-state index in [0.29, 0.717) is 18.3 Å². The van der Waals surface area contributed by atoms with E-state index in [0.717, 1.165) is 37.1 Å². The topological polar surface area (TPSA) is 59.4 Å². The zero-order valence-electron chi connectivity index (χ0n) is 18.5. The monoisotopic (exact) mass is 418 g/mol. The van der Waals surface area contributed by atoms with Crippen molar-refractivity contribution in [3.63, 3.8) is 0 Å². The Morgan fingerprint density at radius 1 is 1.16 bits per heavy atom. The Balaban J connectivity index is 1.54. The van der Waals surface area contributed by atoms with Crippen LogP contribution in [0.25, 0.3) is 0 Å². The van der Waals surface area contributed by atoms with Crippen molar-refractivity contribution in [1.82, 2.24) is 20.0 Å². The van der Waals surface area contributed by atoms with Crippen LogP contribution >= 0.6 is 0 Å². The minimum absolute atomic E-state index is 0.0310. The summed E-state index contributed by atoms with van der Waals surface area (Å²) in [6.45, 7) is 1.46. The number of nitrogens with zero attached hydrogens (tertiary/aromatic N) is 3. The summed E-state index contributed by atoms with van der Waals surface area (Å²) in [4.78, 5) is 14.5. The summed E-state index contributed by atoms with van der Waals surface area (Å²) in [7, 11) is 5.25. The first-order chi connectivity index (χ1) is 15.0. The van der Waals surface area contributed by atoms with E-state index in [1.807, 2.05) is 35.0 Å². The van der Waals surface area contributed by atoms with E-state index in [-0.39, 0.29) is 5.91 Å². The van der Waals surface area contributed by atoms with Crippen molar-refractivity contribution in [1.29, 1.82) is 0 Å². The molecule has 162 valence electrons. The Kier molecular flexibility index (Phi) is 6.37. The number of fused-ring (bicyclic) bond motifs is 1. The molecule has 1 heterocycles. The summed E-state index contributed by atoms with van der Waals surface area (Å²) in [6.07, 6.45) is 2.74. The average Bonchev–Trinajstić information content (AvgIpc) is 3.15. The highest BCUT2D eigenvalue weighted by Gasteiger charge is 2.29. The average molecular weight is 419 g/mol. The normalized spacial score (nSPS) is 15.4. The Morgan fingerprint density at radius 3 is 2.68 bits per heavy atom. The van der Waals surface area contributed by atoms with Gasteiger partial charge < -0.3 is 15.0 Å². The van der Waals surface area contributed by atoms with Crippen LogP contribution in [-0.4, -0.2) is 47.8 Å². The second kappa shape index (κ2) is 9.35. The number of hydrogen-bond donors (Lipinski definition) is 1. The van der Waals surface area contributed by atoms with Crippen LogP contribution in [0.1, 0.15) is 39.3 Å². The Hall–Kier alpha value is -3.12. The van der Waals surface area contributed by atoms with Crippen molar-refractivity contribution in [3.8, 4) is 5.75 Å². The number of hydrogen-bond acceptors (Lipinski definition) is 4. The maximum absolute atomic E-state index is 12.9. The first-order valence-electron chi connectivity index (χ1n) is 10.8. The summed E-state index contributed by atoms with van der Waals surface area (Å²) in [5.41, 5.74) is 5.24. The lowest BCUT2D eigenvalue weighted by atomic mass is 9.91. The van der Waals surface area contributed by atoms with Gasteiger partial charge in [0.25, 0.3) is 5.91 Å². The van der Waals surface area contributed by atoms with E-state index in [1.54, 1.807) is 26.1 Å². The van der Waals surface area contributed by atoms with E-state index in [2.05, 4.69) is 29.6 Å². The minimum atomic E-state index is -0.0310. The van der Waals surface area contributed by atoms with Gasteiger partial charge in [-0.1, -0.05) is 42.5 Å². The highest BCUT2D eigenvalue weighted by molar-refractivity contribution is 5.93. The van der Waals surface area contributed by atoms with Crippen LogP contribution in [0, 0.1) is 0 Å². The van der Waals surface area contributed by atoms with Gasteiger partial charge in [-0.15, -0.1) is 0 Å². The summed E-state index contributed by atoms with van der Waals surface area (Å²) < 4.78 is 7.36. The number of carbonyl (C=O) groups excluding carboxylic acids is 1. The molecule has 1 atom stereocenters. The summed E-state index contributed by atoms with van der Waals surface area (Å²) in [5, 5.41) is 8.43. The van der Waals surface area contributed by atoms with Crippen molar-refractivity contribution in [2.45, 2.75) is 38.4 Å². The molecule has 1 amide bonds. The predicted molar refractivity (Wildman–Crippen MR) is 121 cm³/mol. The van der Waals surface area contributed by atoms with Crippen LogP contribution in [-0.2, 0) is 25.9 Å². The predicted octanol–water partition coefficient (Wildman–Crippen LogP) is 3.29. The SMILES string of the molecule is COc1cccc(CN[C@H]2CCc3c(c(C(=O)N(C)C)nn3Cc3ccccc3)C2)c1. The maximum Gasteiger partial charge on any atom is 0.274 e. The number of nitrogens with one attached hydrogen (secondary N) is 1. The summed E-state index contributed by atoms with van der Waals surface area (Å²) in [6, 6.07) is 18.7. The van der Waals surface area contributed by atoms with Crippen LogP contribution in [0.2, 0.25) is 0 Å². The molecule has 0 saturated heterocycles. The number of rotatable bonds is 7. The van der Waals surface area contributed by atoms with Crippen LogP contribution in [0.3, 0.4) is 0 Å². The van der Waals surface area contributed by atoms with Gasteiger partial charge in [0.2, 0.25) is 0 Å². The number of ether oxygens (including phenoxy) is 1. The van der Waals surface area contributed by atoms with Crippen molar-refractivity contribution < 1.29 is 9.53 Å².